The van der Waals surface area contributed by atoms with E-state index in [0.29, 0.717) is 31.7 Å². The molecule has 3 rings (SSSR count). The lowest BCUT2D eigenvalue weighted by Gasteiger charge is -2.28. The van der Waals surface area contributed by atoms with Crippen molar-refractivity contribution in [2.75, 3.05) is 25.6 Å². The van der Waals surface area contributed by atoms with Crippen LogP contribution in [-0.2, 0) is 22.5 Å². The molecule has 1 aromatic rings. The first-order valence-corrected chi connectivity index (χ1v) is 8.48. The molecule has 0 spiro atoms. The molecule has 2 N–H and O–H groups in total. The molecule has 23 heavy (non-hydrogen) atoms. The van der Waals surface area contributed by atoms with Gasteiger partial charge in [-0.05, 0) is 49.4 Å². The van der Waals surface area contributed by atoms with Gasteiger partial charge in [-0.25, -0.2) is 4.39 Å². The first-order chi connectivity index (χ1) is 11.2. The van der Waals surface area contributed by atoms with E-state index in [1.807, 2.05) is 6.07 Å². The molecular weight excluding hydrogens is 295 g/mol. The van der Waals surface area contributed by atoms with Gasteiger partial charge in [0.25, 0.3) is 0 Å². The Morgan fingerprint density at radius 2 is 2.17 bits per heavy atom. The molecule has 1 heterocycles. The van der Waals surface area contributed by atoms with E-state index in [0.717, 1.165) is 43.4 Å². The van der Waals surface area contributed by atoms with E-state index in [1.54, 1.807) is 13.2 Å². The number of carbonyl (C=O) groups excluding carboxylic acids is 1. The van der Waals surface area contributed by atoms with Crippen LogP contribution < -0.4 is 10.6 Å². The third kappa shape index (κ3) is 3.26. The Bertz CT molecular complexity index is 583. The largest absolute Gasteiger partial charge is 0.385 e. The number of anilines is 1. The third-order valence-electron chi connectivity index (χ3n) is 5.28. The maximum atomic E-state index is 14.7. The Kier molecular flexibility index (Phi) is 4.97. The number of ether oxygens (including phenoxy) is 1. The molecule has 1 saturated carbocycles. The molecule has 1 aromatic carbocycles. The van der Waals surface area contributed by atoms with Gasteiger partial charge in [0.1, 0.15) is 5.82 Å². The molecule has 0 radical (unpaired) electrons. The van der Waals surface area contributed by atoms with E-state index in [2.05, 4.69) is 10.6 Å². The summed E-state index contributed by atoms with van der Waals surface area (Å²) >= 11 is 0. The Labute approximate surface area is 136 Å². The molecule has 4 nitrogen and oxygen atoms in total. The lowest BCUT2D eigenvalue weighted by Crippen LogP contribution is -2.35. The van der Waals surface area contributed by atoms with Crippen molar-refractivity contribution in [3.05, 3.63) is 29.1 Å². The van der Waals surface area contributed by atoms with Gasteiger partial charge >= 0.3 is 0 Å². The topological polar surface area (TPSA) is 50.4 Å². The van der Waals surface area contributed by atoms with Gasteiger partial charge in [-0.15, -0.1) is 0 Å². The van der Waals surface area contributed by atoms with E-state index in [4.69, 9.17) is 4.74 Å². The van der Waals surface area contributed by atoms with Crippen LogP contribution in [0.5, 0.6) is 0 Å². The molecule has 0 bridgehead atoms. The SMILES string of the molecule is COCCC1(C(=O)Nc2ccc3c(c2F)CCNC3)CCCC1. The van der Waals surface area contributed by atoms with Crippen LogP contribution in [-0.4, -0.2) is 26.2 Å². The number of nitrogens with one attached hydrogen (secondary N) is 2. The number of benzene rings is 1. The summed E-state index contributed by atoms with van der Waals surface area (Å²) in [5.41, 5.74) is 1.64. The molecule has 1 fully saturated rings. The summed E-state index contributed by atoms with van der Waals surface area (Å²) in [6.07, 6.45) is 5.19. The quantitative estimate of drug-likeness (QED) is 0.877. The van der Waals surface area contributed by atoms with Crippen LogP contribution >= 0.6 is 0 Å². The van der Waals surface area contributed by atoms with Gasteiger partial charge in [-0.2, -0.15) is 0 Å². The summed E-state index contributed by atoms with van der Waals surface area (Å²) in [6, 6.07) is 3.61. The smallest absolute Gasteiger partial charge is 0.230 e. The molecule has 0 aromatic heterocycles. The van der Waals surface area contributed by atoms with Crippen LogP contribution in [0.1, 0.15) is 43.2 Å². The number of rotatable bonds is 5. The van der Waals surface area contributed by atoms with Gasteiger partial charge in [0.05, 0.1) is 11.1 Å². The monoisotopic (exact) mass is 320 g/mol. The molecule has 5 heteroatoms. The fraction of sp³-hybridized carbons (Fsp3) is 0.611. The highest BCUT2D eigenvalue weighted by Crippen LogP contribution is 2.42. The Morgan fingerprint density at radius 3 is 2.91 bits per heavy atom. The van der Waals surface area contributed by atoms with Crippen LogP contribution in [0, 0.1) is 11.2 Å². The van der Waals surface area contributed by atoms with Crippen LogP contribution in [0.25, 0.3) is 0 Å². The van der Waals surface area contributed by atoms with E-state index in [9.17, 15) is 9.18 Å². The zero-order valence-electron chi connectivity index (χ0n) is 13.7. The van der Waals surface area contributed by atoms with E-state index < -0.39 is 5.41 Å². The van der Waals surface area contributed by atoms with E-state index in [1.165, 1.54) is 0 Å². The predicted octanol–water partition coefficient (Wildman–Crippen LogP) is 3.01. The lowest BCUT2D eigenvalue weighted by molar-refractivity contribution is -0.126. The minimum absolute atomic E-state index is 0.0557. The van der Waals surface area contributed by atoms with Gasteiger partial charge in [0, 0.05) is 20.3 Å². The van der Waals surface area contributed by atoms with Crippen LogP contribution in [0.3, 0.4) is 0 Å². The van der Waals surface area contributed by atoms with Crippen LogP contribution in [0.15, 0.2) is 12.1 Å². The first-order valence-electron chi connectivity index (χ1n) is 8.48. The van der Waals surface area contributed by atoms with Crippen molar-refractivity contribution in [2.24, 2.45) is 5.41 Å². The fourth-order valence-corrected chi connectivity index (χ4v) is 3.82. The van der Waals surface area contributed by atoms with Crippen molar-refractivity contribution in [1.82, 2.24) is 5.32 Å². The Morgan fingerprint density at radius 1 is 1.39 bits per heavy atom. The number of fused-ring (bicyclic) bond motifs is 1. The summed E-state index contributed by atoms with van der Waals surface area (Å²) in [7, 11) is 1.65. The number of methoxy groups -OCH3 is 1. The summed E-state index contributed by atoms with van der Waals surface area (Å²) in [5.74, 6) is -0.322. The van der Waals surface area contributed by atoms with Crippen molar-refractivity contribution in [1.29, 1.82) is 0 Å². The van der Waals surface area contributed by atoms with Crippen molar-refractivity contribution in [2.45, 2.75) is 45.1 Å². The van der Waals surface area contributed by atoms with Gasteiger partial charge in [-0.3, -0.25) is 4.79 Å². The Balaban J connectivity index is 1.79. The molecule has 1 amide bonds. The highest BCUT2D eigenvalue weighted by molar-refractivity contribution is 5.95. The predicted molar refractivity (Wildman–Crippen MR) is 87.8 cm³/mol. The zero-order chi connectivity index (χ0) is 16.3. The van der Waals surface area contributed by atoms with Gasteiger partial charge in [-0.1, -0.05) is 18.9 Å². The minimum Gasteiger partial charge on any atom is -0.385 e. The molecule has 1 aliphatic carbocycles. The molecule has 0 atom stereocenters. The summed E-state index contributed by atoms with van der Waals surface area (Å²) < 4.78 is 19.9. The summed E-state index contributed by atoms with van der Waals surface area (Å²) in [5, 5.41) is 6.10. The second kappa shape index (κ2) is 6.97. The molecule has 126 valence electrons. The standard InChI is InChI=1S/C18H25FN2O2/c1-23-11-9-18(7-2-3-8-18)17(22)21-15-5-4-13-12-20-10-6-14(13)16(15)19/h4-5,20H,2-3,6-12H2,1H3,(H,21,22). The number of amides is 1. The molecular formula is C18H25FN2O2. The maximum Gasteiger partial charge on any atom is 0.230 e. The Hall–Kier alpha value is -1.46. The molecule has 0 unspecified atom stereocenters. The van der Waals surface area contributed by atoms with Crippen LogP contribution in [0.2, 0.25) is 0 Å². The minimum atomic E-state index is -0.403. The number of halogens is 1. The lowest BCUT2D eigenvalue weighted by atomic mass is 9.82. The molecule has 0 saturated heterocycles. The van der Waals surface area contributed by atoms with Gasteiger partial charge < -0.3 is 15.4 Å². The van der Waals surface area contributed by atoms with Gasteiger partial charge in [0.15, 0.2) is 0 Å². The average Bonchev–Trinajstić information content (AvgIpc) is 3.06. The maximum absolute atomic E-state index is 14.7. The average molecular weight is 320 g/mol. The second-order valence-electron chi connectivity index (χ2n) is 6.68. The molecule has 2 aliphatic rings. The fourth-order valence-electron chi connectivity index (χ4n) is 3.82. The molecule has 1 aliphatic heterocycles. The van der Waals surface area contributed by atoms with Crippen molar-refractivity contribution >= 4 is 11.6 Å². The van der Waals surface area contributed by atoms with Crippen molar-refractivity contribution in [3.8, 4) is 0 Å². The number of carbonyl (C=O) groups is 1. The van der Waals surface area contributed by atoms with E-state index in [-0.39, 0.29) is 11.7 Å². The summed E-state index contributed by atoms with van der Waals surface area (Å²) in [4.78, 5) is 12.8. The first kappa shape index (κ1) is 16.4. The van der Waals surface area contributed by atoms with Crippen molar-refractivity contribution in [3.63, 3.8) is 0 Å². The number of hydrogen-bond donors (Lipinski definition) is 2. The van der Waals surface area contributed by atoms with E-state index >= 15 is 0 Å². The van der Waals surface area contributed by atoms with Gasteiger partial charge in [0.2, 0.25) is 5.91 Å². The second-order valence-corrected chi connectivity index (χ2v) is 6.68. The van der Waals surface area contributed by atoms with Crippen molar-refractivity contribution < 1.29 is 13.9 Å². The highest BCUT2D eigenvalue weighted by atomic mass is 19.1. The van der Waals surface area contributed by atoms with Crippen LogP contribution in [0.4, 0.5) is 10.1 Å². The highest BCUT2D eigenvalue weighted by Gasteiger charge is 2.41. The summed E-state index contributed by atoms with van der Waals surface area (Å²) in [6.45, 7) is 2.03. The number of hydrogen-bond acceptors (Lipinski definition) is 3. The zero-order valence-corrected chi connectivity index (χ0v) is 13.7. The third-order valence-corrected chi connectivity index (χ3v) is 5.28. The normalized spacial score (nSPS) is 19.4.